The van der Waals surface area contributed by atoms with E-state index in [-0.39, 0.29) is 41.9 Å². The minimum atomic E-state index is -5.25. The molecule has 1 amide bonds. The summed E-state index contributed by atoms with van der Waals surface area (Å²) < 4.78 is 45.0. The van der Waals surface area contributed by atoms with E-state index in [4.69, 9.17) is 19.5 Å². The standard InChI is InChI=1S/C24H32N6O12P2/c25-24-28-21-18(22(34)29-24)26-12-30(21)23-20(33)19(32)16(41-23)11-40-44(37,38)42-43(35,36)39-10-4-9-17(31)27-15-8-3-6-13-5-1-2-7-14(13)15/h1-2,5,7,12,15-16,19-20,23,32-33H,3-4,6,8-11H2,(H,27,31)(H,35,36)(H,37,38)(H3,25,28,29,34)/t15?,16-,19-,20-,23-/m1/s1. The van der Waals surface area contributed by atoms with Gasteiger partial charge in [0.25, 0.3) is 5.56 Å². The third kappa shape index (κ3) is 7.43. The number of benzene rings is 1. The Bertz CT molecular complexity index is 1670. The number of aryl methyl sites for hydroxylation is 1. The number of nitrogens with zero attached hydrogens (tertiary/aromatic N) is 3. The molecule has 18 nitrogen and oxygen atoms in total. The molecule has 5 rings (SSSR count). The molecular weight excluding hydrogens is 626 g/mol. The molecule has 0 spiro atoms. The van der Waals surface area contributed by atoms with Crippen LogP contribution in [0.1, 0.15) is 49.1 Å². The molecule has 8 N–H and O–H groups in total. The first-order chi connectivity index (χ1) is 20.8. The predicted molar refractivity (Wildman–Crippen MR) is 151 cm³/mol. The number of rotatable bonds is 12. The number of aliphatic hydroxyl groups is 2. The monoisotopic (exact) mass is 658 g/mol. The number of nitrogen functional groups attached to an aromatic ring is 1. The first kappa shape index (κ1) is 32.4. The van der Waals surface area contributed by atoms with Gasteiger partial charge in [0.05, 0.1) is 25.6 Å². The van der Waals surface area contributed by atoms with Crippen molar-refractivity contribution in [3.05, 3.63) is 52.1 Å². The van der Waals surface area contributed by atoms with Crippen LogP contribution in [0.4, 0.5) is 5.95 Å². The number of imidazole rings is 1. The average Bonchev–Trinajstić information content (AvgIpc) is 3.50. The summed E-state index contributed by atoms with van der Waals surface area (Å²) in [5.74, 6) is -0.523. The molecule has 3 unspecified atom stereocenters. The third-order valence-electron chi connectivity index (χ3n) is 7.18. The number of fused-ring (bicyclic) bond motifs is 2. The summed E-state index contributed by atoms with van der Waals surface area (Å²) in [5.41, 5.74) is 6.97. The number of hydrogen-bond donors (Lipinski definition) is 7. The Labute approximate surface area is 249 Å². The van der Waals surface area contributed by atoms with Crippen molar-refractivity contribution in [3.63, 3.8) is 0 Å². The van der Waals surface area contributed by atoms with Gasteiger partial charge in [-0.2, -0.15) is 9.29 Å². The van der Waals surface area contributed by atoms with E-state index < -0.39 is 59.0 Å². The molecule has 0 radical (unpaired) electrons. The largest absolute Gasteiger partial charge is 0.481 e. The second kappa shape index (κ2) is 13.1. The molecule has 0 bridgehead atoms. The number of carbonyl (C=O) groups excluding carboxylic acids is 1. The van der Waals surface area contributed by atoms with Crippen molar-refractivity contribution in [2.75, 3.05) is 18.9 Å². The Morgan fingerprint density at radius 1 is 1.18 bits per heavy atom. The molecule has 20 heteroatoms. The van der Waals surface area contributed by atoms with Crippen LogP contribution in [0.25, 0.3) is 11.2 Å². The maximum Gasteiger partial charge on any atom is 0.481 e. The molecule has 3 heterocycles. The van der Waals surface area contributed by atoms with Crippen LogP contribution in [0.15, 0.2) is 35.4 Å². The van der Waals surface area contributed by atoms with Crippen molar-refractivity contribution in [2.45, 2.75) is 62.7 Å². The van der Waals surface area contributed by atoms with Gasteiger partial charge in [-0.25, -0.2) is 14.1 Å². The highest BCUT2D eigenvalue weighted by Crippen LogP contribution is 2.60. The van der Waals surface area contributed by atoms with Crippen molar-refractivity contribution in [1.82, 2.24) is 24.8 Å². The highest BCUT2D eigenvalue weighted by Gasteiger charge is 2.46. The Morgan fingerprint density at radius 3 is 2.73 bits per heavy atom. The molecule has 7 atom stereocenters. The number of phosphoric acid groups is 2. The van der Waals surface area contributed by atoms with E-state index in [2.05, 4.69) is 24.6 Å². The number of phosphoric ester groups is 2. The summed E-state index contributed by atoms with van der Waals surface area (Å²) in [6.07, 6.45) is -2.30. The van der Waals surface area contributed by atoms with Crippen LogP contribution in [0.5, 0.6) is 0 Å². The third-order valence-corrected chi connectivity index (χ3v) is 9.81. The molecule has 1 fully saturated rings. The number of aromatic amines is 1. The fourth-order valence-electron chi connectivity index (χ4n) is 5.15. The summed E-state index contributed by atoms with van der Waals surface area (Å²) in [6, 6.07) is 7.72. The summed E-state index contributed by atoms with van der Waals surface area (Å²) in [4.78, 5) is 54.4. The number of nitrogens with one attached hydrogen (secondary N) is 2. The SMILES string of the molecule is Nc1nc2c(ncn2[C@@H]2O[C@H](COP(=O)(O)OP(=O)(O)OCCCC(=O)NC3CCCc4ccccc43)[C@@H](O)[C@H]2O)c(=O)[nH]1. The van der Waals surface area contributed by atoms with E-state index in [1.165, 1.54) is 5.56 Å². The predicted octanol–water partition coefficient (Wildman–Crippen LogP) is 0.546. The van der Waals surface area contributed by atoms with E-state index in [0.717, 1.165) is 35.7 Å². The number of aromatic nitrogens is 4. The molecular formula is C24H32N6O12P2. The van der Waals surface area contributed by atoms with Gasteiger partial charge in [-0.1, -0.05) is 24.3 Å². The van der Waals surface area contributed by atoms with Crippen LogP contribution < -0.4 is 16.6 Å². The minimum absolute atomic E-state index is 0.0153. The zero-order chi connectivity index (χ0) is 31.6. The normalized spacial score (nSPS) is 26.1. The van der Waals surface area contributed by atoms with E-state index in [9.17, 15) is 38.7 Å². The molecule has 240 valence electrons. The van der Waals surface area contributed by atoms with E-state index in [1.54, 1.807) is 0 Å². The maximum absolute atomic E-state index is 12.4. The first-order valence-electron chi connectivity index (χ1n) is 13.6. The van der Waals surface area contributed by atoms with Crippen molar-refractivity contribution < 1.29 is 52.0 Å². The van der Waals surface area contributed by atoms with Crippen LogP contribution in [-0.2, 0) is 38.4 Å². The lowest BCUT2D eigenvalue weighted by molar-refractivity contribution is -0.122. The van der Waals surface area contributed by atoms with Crippen LogP contribution in [0.2, 0.25) is 0 Å². The number of aliphatic hydroxyl groups excluding tert-OH is 2. The lowest BCUT2D eigenvalue weighted by Crippen LogP contribution is -2.33. The van der Waals surface area contributed by atoms with Gasteiger partial charge in [0.2, 0.25) is 11.9 Å². The van der Waals surface area contributed by atoms with Gasteiger partial charge in [0.15, 0.2) is 17.4 Å². The van der Waals surface area contributed by atoms with Gasteiger partial charge in [-0.05, 0) is 36.8 Å². The second-order valence-electron chi connectivity index (χ2n) is 10.3. The van der Waals surface area contributed by atoms with Crippen molar-refractivity contribution >= 4 is 38.7 Å². The number of carbonyl (C=O) groups is 1. The van der Waals surface area contributed by atoms with Crippen LogP contribution >= 0.6 is 15.6 Å². The number of H-pyrrole nitrogens is 1. The maximum atomic E-state index is 12.4. The molecule has 1 aliphatic carbocycles. The van der Waals surface area contributed by atoms with Gasteiger partial charge in [-0.3, -0.25) is 28.2 Å². The second-order valence-corrected chi connectivity index (χ2v) is 13.3. The highest BCUT2D eigenvalue weighted by molar-refractivity contribution is 7.61. The summed E-state index contributed by atoms with van der Waals surface area (Å²) >= 11 is 0. The van der Waals surface area contributed by atoms with Crippen molar-refractivity contribution in [3.8, 4) is 0 Å². The summed E-state index contributed by atoms with van der Waals surface area (Å²) in [5, 5.41) is 23.8. The Balaban J connectivity index is 1.08. The number of nitrogens with two attached hydrogens (primary N) is 1. The zero-order valence-electron chi connectivity index (χ0n) is 23.1. The van der Waals surface area contributed by atoms with Crippen LogP contribution in [0, 0.1) is 0 Å². The molecule has 1 aromatic carbocycles. The smallest absolute Gasteiger partial charge is 0.387 e. The first-order valence-corrected chi connectivity index (χ1v) is 16.6. The van der Waals surface area contributed by atoms with Gasteiger partial charge in [0.1, 0.15) is 18.3 Å². The average molecular weight is 658 g/mol. The zero-order valence-corrected chi connectivity index (χ0v) is 24.9. The Kier molecular flexibility index (Phi) is 9.67. The van der Waals surface area contributed by atoms with E-state index in [1.807, 2.05) is 24.3 Å². The molecule has 44 heavy (non-hydrogen) atoms. The number of anilines is 1. The molecule has 1 saturated heterocycles. The number of ether oxygens (including phenoxy) is 1. The quantitative estimate of drug-likeness (QED) is 0.103. The fraction of sp³-hybridized carbons (Fsp3) is 0.500. The molecule has 2 aliphatic rings. The molecule has 2 aromatic heterocycles. The van der Waals surface area contributed by atoms with Crippen LogP contribution in [-0.4, -0.2) is 77.0 Å². The van der Waals surface area contributed by atoms with Gasteiger partial charge >= 0.3 is 15.6 Å². The molecule has 0 saturated carbocycles. The van der Waals surface area contributed by atoms with Gasteiger partial charge < -0.3 is 35.8 Å². The molecule has 3 aromatic rings. The van der Waals surface area contributed by atoms with Crippen molar-refractivity contribution in [1.29, 1.82) is 0 Å². The van der Waals surface area contributed by atoms with Crippen molar-refractivity contribution in [2.24, 2.45) is 0 Å². The van der Waals surface area contributed by atoms with Gasteiger partial charge in [-0.15, -0.1) is 0 Å². The number of amides is 1. The van der Waals surface area contributed by atoms with E-state index in [0.29, 0.717) is 0 Å². The lowest BCUT2D eigenvalue weighted by atomic mass is 9.87. The topological polar surface area (TPSA) is 271 Å². The summed E-state index contributed by atoms with van der Waals surface area (Å²) in [6.45, 7) is -1.31. The molecule has 1 aliphatic heterocycles. The minimum Gasteiger partial charge on any atom is -0.387 e. The fourth-order valence-corrected chi connectivity index (χ4v) is 7.27. The van der Waals surface area contributed by atoms with Gasteiger partial charge in [0, 0.05) is 6.42 Å². The van der Waals surface area contributed by atoms with E-state index >= 15 is 0 Å². The van der Waals surface area contributed by atoms with Crippen LogP contribution in [0.3, 0.4) is 0 Å². The summed E-state index contributed by atoms with van der Waals surface area (Å²) in [7, 11) is -10.4. The number of hydrogen-bond acceptors (Lipinski definition) is 13. The Hall–Kier alpha value is -3.02. The Morgan fingerprint density at radius 2 is 1.93 bits per heavy atom. The highest BCUT2D eigenvalue weighted by atomic mass is 31.3. The lowest BCUT2D eigenvalue weighted by Gasteiger charge is -2.26.